The van der Waals surface area contributed by atoms with Crippen LogP contribution in [0.25, 0.3) is 0 Å². The summed E-state index contributed by atoms with van der Waals surface area (Å²) in [6, 6.07) is 0. The third-order valence-corrected chi connectivity index (χ3v) is 3.57. The summed E-state index contributed by atoms with van der Waals surface area (Å²) >= 11 is 0. The van der Waals surface area contributed by atoms with E-state index in [2.05, 4.69) is 31.4 Å². The number of rotatable bonds is 7. The lowest BCUT2D eigenvalue weighted by atomic mass is 10.1. The van der Waals surface area contributed by atoms with Crippen molar-refractivity contribution in [1.29, 1.82) is 0 Å². The zero-order valence-corrected chi connectivity index (χ0v) is 11.6. The second-order valence-corrected chi connectivity index (χ2v) is 5.95. The minimum Gasteiger partial charge on any atom is -0.355 e. The van der Waals surface area contributed by atoms with Gasteiger partial charge in [0.1, 0.15) is 0 Å². The van der Waals surface area contributed by atoms with E-state index in [1.807, 2.05) is 0 Å². The zero-order valence-electron chi connectivity index (χ0n) is 11.6. The molecule has 2 unspecified atom stereocenters. The normalized spacial score (nSPS) is 24.2. The van der Waals surface area contributed by atoms with Crippen molar-refractivity contribution in [3.63, 3.8) is 0 Å². The molecule has 0 aromatic rings. The zero-order chi connectivity index (χ0) is 12.7. The third kappa shape index (κ3) is 6.67. The fourth-order valence-corrected chi connectivity index (χ4v) is 2.46. The Morgan fingerprint density at radius 3 is 2.71 bits per heavy atom. The van der Waals surface area contributed by atoms with Crippen LogP contribution in [0.1, 0.15) is 46.5 Å². The van der Waals surface area contributed by atoms with E-state index in [4.69, 9.17) is 0 Å². The van der Waals surface area contributed by atoms with Gasteiger partial charge in [0.15, 0.2) is 0 Å². The Bertz CT molecular complexity index is 228. The van der Waals surface area contributed by atoms with Gasteiger partial charge in [-0.25, -0.2) is 0 Å². The average Bonchev–Trinajstić information content (AvgIpc) is 2.63. The molecule has 0 aromatic heterocycles. The molecular weight excluding hydrogens is 212 g/mol. The lowest BCUT2D eigenvalue weighted by molar-refractivity contribution is -0.120. The van der Waals surface area contributed by atoms with Gasteiger partial charge in [0.2, 0.25) is 5.91 Å². The first-order valence-corrected chi connectivity index (χ1v) is 7.05. The van der Waals surface area contributed by atoms with Crippen LogP contribution >= 0.6 is 0 Å². The molecule has 0 saturated heterocycles. The molecular formula is C14H28N2O. The lowest BCUT2D eigenvalue weighted by Crippen LogP contribution is -2.36. The number of hydrogen-bond donors (Lipinski definition) is 2. The van der Waals surface area contributed by atoms with E-state index in [0.29, 0.717) is 12.5 Å². The van der Waals surface area contributed by atoms with Gasteiger partial charge in [-0.1, -0.05) is 27.2 Å². The first-order valence-electron chi connectivity index (χ1n) is 7.05. The number of carbonyl (C=O) groups is 1. The molecule has 0 aliphatic heterocycles. The van der Waals surface area contributed by atoms with Crippen molar-refractivity contribution in [2.24, 2.45) is 17.8 Å². The van der Waals surface area contributed by atoms with Crippen LogP contribution in [-0.2, 0) is 4.79 Å². The van der Waals surface area contributed by atoms with Crippen molar-refractivity contribution < 1.29 is 4.79 Å². The van der Waals surface area contributed by atoms with E-state index in [1.54, 1.807) is 0 Å². The van der Waals surface area contributed by atoms with Gasteiger partial charge in [-0.05, 0) is 43.6 Å². The molecule has 3 nitrogen and oxygen atoms in total. The van der Waals surface area contributed by atoms with Crippen molar-refractivity contribution in [1.82, 2.24) is 10.6 Å². The molecule has 1 saturated carbocycles. The molecule has 2 atom stereocenters. The SMILES string of the molecule is CC(C)CCNC(=O)CNCC1CCC(C)C1. The Balaban J connectivity index is 1.96. The topological polar surface area (TPSA) is 41.1 Å². The lowest BCUT2D eigenvalue weighted by Gasteiger charge is -2.11. The summed E-state index contributed by atoms with van der Waals surface area (Å²) < 4.78 is 0. The maximum atomic E-state index is 11.5. The van der Waals surface area contributed by atoms with Crippen LogP contribution in [0.15, 0.2) is 0 Å². The molecule has 1 fully saturated rings. The summed E-state index contributed by atoms with van der Waals surface area (Å²) in [7, 11) is 0. The van der Waals surface area contributed by atoms with E-state index < -0.39 is 0 Å². The summed E-state index contributed by atoms with van der Waals surface area (Å²) in [5.74, 6) is 2.45. The summed E-state index contributed by atoms with van der Waals surface area (Å²) in [5, 5.41) is 6.22. The Kier molecular flexibility index (Phi) is 6.56. The highest BCUT2D eigenvalue weighted by Crippen LogP contribution is 2.29. The van der Waals surface area contributed by atoms with E-state index >= 15 is 0 Å². The van der Waals surface area contributed by atoms with Crippen LogP contribution in [0.2, 0.25) is 0 Å². The quantitative estimate of drug-likeness (QED) is 0.716. The Labute approximate surface area is 106 Å². The minimum atomic E-state index is 0.136. The van der Waals surface area contributed by atoms with Crippen molar-refractivity contribution in [3.05, 3.63) is 0 Å². The summed E-state index contributed by atoms with van der Waals surface area (Å²) in [4.78, 5) is 11.5. The molecule has 1 aliphatic rings. The molecule has 1 amide bonds. The maximum absolute atomic E-state index is 11.5. The van der Waals surface area contributed by atoms with Crippen LogP contribution in [0.5, 0.6) is 0 Å². The molecule has 17 heavy (non-hydrogen) atoms. The molecule has 0 spiro atoms. The summed E-state index contributed by atoms with van der Waals surface area (Å²) in [5.41, 5.74) is 0. The predicted molar refractivity (Wildman–Crippen MR) is 71.8 cm³/mol. The molecule has 100 valence electrons. The fourth-order valence-electron chi connectivity index (χ4n) is 2.46. The number of carbonyl (C=O) groups excluding carboxylic acids is 1. The first-order chi connectivity index (χ1) is 8.08. The van der Waals surface area contributed by atoms with Gasteiger partial charge in [-0.15, -0.1) is 0 Å². The Morgan fingerprint density at radius 1 is 1.35 bits per heavy atom. The maximum Gasteiger partial charge on any atom is 0.233 e. The van der Waals surface area contributed by atoms with Crippen molar-refractivity contribution in [3.8, 4) is 0 Å². The minimum absolute atomic E-state index is 0.136. The highest BCUT2D eigenvalue weighted by molar-refractivity contribution is 5.77. The second kappa shape index (κ2) is 7.70. The fraction of sp³-hybridized carbons (Fsp3) is 0.929. The van der Waals surface area contributed by atoms with Crippen LogP contribution in [0.3, 0.4) is 0 Å². The number of amides is 1. The predicted octanol–water partition coefficient (Wildman–Crippen LogP) is 2.17. The van der Waals surface area contributed by atoms with Gasteiger partial charge in [-0.2, -0.15) is 0 Å². The molecule has 0 aromatic carbocycles. The highest BCUT2D eigenvalue weighted by atomic mass is 16.1. The Morgan fingerprint density at radius 2 is 2.12 bits per heavy atom. The van der Waals surface area contributed by atoms with E-state index in [-0.39, 0.29) is 5.91 Å². The van der Waals surface area contributed by atoms with Crippen LogP contribution in [0.4, 0.5) is 0 Å². The van der Waals surface area contributed by atoms with Gasteiger partial charge >= 0.3 is 0 Å². The van der Waals surface area contributed by atoms with Crippen LogP contribution < -0.4 is 10.6 Å². The summed E-state index contributed by atoms with van der Waals surface area (Å²) in [6.07, 6.45) is 5.06. The van der Waals surface area contributed by atoms with Gasteiger partial charge in [0, 0.05) is 6.54 Å². The number of hydrogen-bond acceptors (Lipinski definition) is 2. The molecule has 1 aliphatic carbocycles. The average molecular weight is 240 g/mol. The van der Waals surface area contributed by atoms with E-state index in [9.17, 15) is 4.79 Å². The van der Waals surface area contributed by atoms with Crippen molar-refractivity contribution in [2.75, 3.05) is 19.6 Å². The standard InChI is InChI=1S/C14H28N2O/c1-11(2)6-7-16-14(17)10-15-9-13-5-4-12(3)8-13/h11-13,15H,4-10H2,1-3H3,(H,16,17). The monoisotopic (exact) mass is 240 g/mol. The smallest absolute Gasteiger partial charge is 0.233 e. The molecule has 0 radical (unpaired) electrons. The van der Waals surface area contributed by atoms with Crippen LogP contribution in [0, 0.1) is 17.8 Å². The number of nitrogens with one attached hydrogen (secondary N) is 2. The van der Waals surface area contributed by atoms with Gasteiger partial charge < -0.3 is 10.6 Å². The summed E-state index contributed by atoms with van der Waals surface area (Å²) in [6.45, 7) is 8.94. The molecule has 0 heterocycles. The Hall–Kier alpha value is -0.570. The molecule has 3 heteroatoms. The van der Waals surface area contributed by atoms with Gasteiger partial charge in [-0.3, -0.25) is 4.79 Å². The van der Waals surface area contributed by atoms with Crippen molar-refractivity contribution >= 4 is 5.91 Å². The van der Waals surface area contributed by atoms with Gasteiger partial charge in [0.25, 0.3) is 0 Å². The van der Waals surface area contributed by atoms with Crippen molar-refractivity contribution in [2.45, 2.75) is 46.5 Å². The highest BCUT2D eigenvalue weighted by Gasteiger charge is 2.20. The molecule has 0 bridgehead atoms. The largest absolute Gasteiger partial charge is 0.355 e. The van der Waals surface area contributed by atoms with Crippen LogP contribution in [-0.4, -0.2) is 25.5 Å². The van der Waals surface area contributed by atoms with E-state index in [1.165, 1.54) is 19.3 Å². The first kappa shape index (κ1) is 14.5. The third-order valence-electron chi connectivity index (χ3n) is 3.57. The van der Waals surface area contributed by atoms with E-state index in [0.717, 1.165) is 31.3 Å². The molecule has 2 N–H and O–H groups in total. The molecule has 1 rings (SSSR count). The second-order valence-electron chi connectivity index (χ2n) is 5.95. The van der Waals surface area contributed by atoms with Gasteiger partial charge in [0.05, 0.1) is 6.54 Å².